The van der Waals surface area contributed by atoms with Gasteiger partial charge in [0.2, 0.25) is 0 Å². The minimum Gasteiger partial charge on any atom is -0.483 e. The number of para-hydroxylation sites is 1. The van der Waals surface area contributed by atoms with Gasteiger partial charge in [-0.2, -0.15) is 0 Å². The third-order valence-electron chi connectivity index (χ3n) is 4.58. The number of benzene rings is 1. The molecule has 2 fully saturated rings. The summed E-state index contributed by atoms with van der Waals surface area (Å²) in [5.41, 5.74) is 1.13. The highest BCUT2D eigenvalue weighted by molar-refractivity contribution is 5.78. The first kappa shape index (κ1) is 16.3. The van der Waals surface area contributed by atoms with Gasteiger partial charge in [0.1, 0.15) is 5.75 Å². The van der Waals surface area contributed by atoms with E-state index in [2.05, 4.69) is 13.8 Å². The van der Waals surface area contributed by atoms with E-state index in [4.69, 9.17) is 14.2 Å². The van der Waals surface area contributed by atoms with E-state index in [1.54, 1.807) is 0 Å². The topological polar surface area (TPSA) is 48.0 Å². The molecule has 0 atom stereocenters. The summed E-state index contributed by atoms with van der Waals surface area (Å²) < 4.78 is 17.2. The number of hydrogen-bond acceptors (Lipinski definition) is 4. The molecule has 1 amide bonds. The van der Waals surface area contributed by atoms with Crippen LogP contribution in [0.25, 0.3) is 0 Å². The normalized spacial score (nSPS) is 20.2. The first-order chi connectivity index (χ1) is 11.1. The van der Waals surface area contributed by atoms with Crippen molar-refractivity contribution >= 4 is 5.91 Å². The molecule has 0 radical (unpaired) electrons. The van der Waals surface area contributed by atoms with Crippen LogP contribution >= 0.6 is 0 Å². The summed E-state index contributed by atoms with van der Waals surface area (Å²) in [6.45, 7) is 6.96. The van der Waals surface area contributed by atoms with Crippen molar-refractivity contribution in [3.8, 4) is 5.75 Å². The van der Waals surface area contributed by atoms with E-state index in [-0.39, 0.29) is 12.5 Å². The Bertz CT molecular complexity index is 542. The summed E-state index contributed by atoms with van der Waals surface area (Å²) in [6, 6.07) is 7.90. The third kappa shape index (κ3) is 3.67. The molecule has 23 heavy (non-hydrogen) atoms. The van der Waals surface area contributed by atoms with Gasteiger partial charge in [0.05, 0.1) is 13.2 Å². The van der Waals surface area contributed by atoms with Crippen molar-refractivity contribution < 1.29 is 19.0 Å². The highest BCUT2D eigenvalue weighted by Gasteiger charge is 2.40. The lowest BCUT2D eigenvalue weighted by Gasteiger charge is -2.37. The van der Waals surface area contributed by atoms with Crippen LogP contribution in [0.4, 0.5) is 0 Å². The molecule has 5 heteroatoms. The lowest BCUT2D eigenvalue weighted by molar-refractivity contribution is -0.187. The second-order valence-electron chi connectivity index (χ2n) is 6.47. The fourth-order valence-corrected chi connectivity index (χ4v) is 3.20. The number of likely N-dealkylation sites (tertiary alicyclic amines) is 1. The lowest BCUT2D eigenvalue weighted by atomic mass is 10.0. The van der Waals surface area contributed by atoms with Crippen LogP contribution in [-0.4, -0.2) is 49.5 Å². The van der Waals surface area contributed by atoms with Crippen molar-refractivity contribution in [1.29, 1.82) is 0 Å². The van der Waals surface area contributed by atoms with Crippen LogP contribution < -0.4 is 4.74 Å². The zero-order chi connectivity index (χ0) is 16.3. The van der Waals surface area contributed by atoms with Crippen molar-refractivity contribution in [3.63, 3.8) is 0 Å². The lowest BCUT2D eigenvalue weighted by Crippen LogP contribution is -2.48. The van der Waals surface area contributed by atoms with Gasteiger partial charge < -0.3 is 19.1 Å². The van der Waals surface area contributed by atoms with E-state index >= 15 is 0 Å². The molecule has 0 saturated carbocycles. The van der Waals surface area contributed by atoms with Crippen molar-refractivity contribution in [2.24, 2.45) is 0 Å². The fraction of sp³-hybridized carbons (Fsp3) is 0.611. The van der Waals surface area contributed by atoms with Crippen molar-refractivity contribution in [2.45, 2.75) is 38.4 Å². The second-order valence-corrected chi connectivity index (χ2v) is 6.47. The molecule has 5 nitrogen and oxygen atoms in total. The molecule has 2 aliphatic rings. The average molecular weight is 319 g/mol. The first-order valence-electron chi connectivity index (χ1n) is 8.37. The zero-order valence-electron chi connectivity index (χ0n) is 13.9. The number of piperidine rings is 1. The Morgan fingerprint density at radius 2 is 1.87 bits per heavy atom. The maximum atomic E-state index is 12.4. The van der Waals surface area contributed by atoms with Crippen LogP contribution in [0.1, 0.15) is 38.2 Å². The molecule has 2 heterocycles. The number of carbonyl (C=O) groups excluding carboxylic acids is 1. The van der Waals surface area contributed by atoms with E-state index in [0.29, 0.717) is 32.2 Å². The third-order valence-corrected chi connectivity index (χ3v) is 4.58. The number of rotatable bonds is 4. The molecule has 0 unspecified atom stereocenters. The maximum Gasteiger partial charge on any atom is 0.260 e. The number of carbonyl (C=O) groups is 1. The second kappa shape index (κ2) is 6.89. The summed E-state index contributed by atoms with van der Waals surface area (Å²) in [6.07, 6.45) is 1.47. The van der Waals surface area contributed by atoms with Gasteiger partial charge in [0, 0.05) is 25.9 Å². The SMILES string of the molecule is CC(C)c1ccccc1OCC(=O)N1CCC2(CC1)OCCO2. The van der Waals surface area contributed by atoms with Crippen molar-refractivity contribution in [1.82, 2.24) is 4.90 Å². The first-order valence-corrected chi connectivity index (χ1v) is 8.37. The highest BCUT2D eigenvalue weighted by Crippen LogP contribution is 2.31. The van der Waals surface area contributed by atoms with Gasteiger partial charge >= 0.3 is 0 Å². The number of ether oxygens (including phenoxy) is 3. The number of amides is 1. The van der Waals surface area contributed by atoms with Crippen LogP contribution in [0.15, 0.2) is 24.3 Å². The molecule has 3 rings (SSSR count). The minimum atomic E-state index is -0.443. The summed E-state index contributed by atoms with van der Waals surface area (Å²) >= 11 is 0. The quantitative estimate of drug-likeness (QED) is 0.856. The number of hydrogen-bond donors (Lipinski definition) is 0. The molecule has 1 aromatic rings. The molecular weight excluding hydrogens is 294 g/mol. The van der Waals surface area contributed by atoms with Crippen LogP contribution in [-0.2, 0) is 14.3 Å². The molecule has 0 N–H and O–H groups in total. The van der Waals surface area contributed by atoms with E-state index in [9.17, 15) is 4.79 Å². The van der Waals surface area contributed by atoms with Gasteiger partial charge in [-0.25, -0.2) is 0 Å². The Hall–Kier alpha value is -1.59. The van der Waals surface area contributed by atoms with Crippen LogP contribution in [0.5, 0.6) is 5.75 Å². The Morgan fingerprint density at radius 3 is 2.52 bits per heavy atom. The highest BCUT2D eigenvalue weighted by atomic mass is 16.7. The van der Waals surface area contributed by atoms with E-state index in [0.717, 1.165) is 24.2 Å². The van der Waals surface area contributed by atoms with Gasteiger partial charge in [-0.3, -0.25) is 4.79 Å². The van der Waals surface area contributed by atoms with Crippen molar-refractivity contribution in [3.05, 3.63) is 29.8 Å². The van der Waals surface area contributed by atoms with Crippen molar-refractivity contribution in [2.75, 3.05) is 32.9 Å². The minimum absolute atomic E-state index is 0.0245. The summed E-state index contributed by atoms with van der Waals surface area (Å²) in [7, 11) is 0. The Labute approximate surface area is 137 Å². The molecule has 0 bridgehead atoms. The predicted molar refractivity (Wildman–Crippen MR) is 86.5 cm³/mol. The standard InChI is InChI=1S/C18H25NO4/c1-14(2)15-5-3-4-6-16(15)21-13-17(20)19-9-7-18(8-10-19)22-11-12-23-18/h3-6,14H,7-13H2,1-2H3. The summed E-state index contributed by atoms with van der Waals surface area (Å²) in [4.78, 5) is 14.2. The summed E-state index contributed by atoms with van der Waals surface area (Å²) in [5, 5.41) is 0. The van der Waals surface area contributed by atoms with Gasteiger partial charge in [0.25, 0.3) is 5.91 Å². The van der Waals surface area contributed by atoms with Gasteiger partial charge in [-0.05, 0) is 17.5 Å². The van der Waals surface area contributed by atoms with Gasteiger partial charge in [0.15, 0.2) is 12.4 Å². The van der Waals surface area contributed by atoms with Gasteiger partial charge in [-0.15, -0.1) is 0 Å². The Kier molecular flexibility index (Phi) is 4.87. The average Bonchev–Trinajstić information content (AvgIpc) is 3.01. The summed E-state index contributed by atoms with van der Waals surface area (Å²) in [5.74, 6) is 0.748. The van der Waals surface area contributed by atoms with Crippen LogP contribution in [0, 0.1) is 0 Å². The Balaban J connectivity index is 1.52. The Morgan fingerprint density at radius 1 is 1.22 bits per heavy atom. The van der Waals surface area contributed by atoms with Gasteiger partial charge in [-0.1, -0.05) is 32.0 Å². The molecule has 2 aliphatic heterocycles. The van der Waals surface area contributed by atoms with Crippen LogP contribution in [0.3, 0.4) is 0 Å². The van der Waals surface area contributed by atoms with E-state index in [1.165, 1.54) is 0 Å². The van der Waals surface area contributed by atoms with Crippen LogP contribution in [0.2, 0.25) is 0 Å². The molecule has 2 saturated heterocycles. The molecular formula is C18H25NO4. The fourth-order valence-electron chi connectivity index (χ4n) is 3.20. The maximum absolute atomic E-state index is 12.4. The monoisotopic (exact) mass is 319 g/mol. The number of nitrogens with zero attached hydrogens (tertiary/aromatic N) is 1. The zero-order valence-corrected chi connectivity index (χ0v) is 13.9. The van der Waals surface area contributed by atoms with E-state index < -0.39 is 5.79 Å². The molecule has 1 aromatic carbocycles. The largest absolute Gasteiger partial charge is 0.483 e. The molecule has 0 aromatic heterocycles. The molecule has 0 aliphatic carbocycles. The predicted octanol–water partition coefficient (Wildman–Crippen LogP) is 2.55. The smallest absolute Gasteiger partial charge is 0.260 e. The molecule has 126 valence electrons. The molecule has 1 spiro atoms. The van der Waals surface area contributed by atoms with E-state index in [1.807, 2.05) is 29.2 Å².